The molecule has 0 bridgehead atoms. The van der Waals surface area contributed by atoms with Crippen LogP contribution in [0.15, 0.2) is 24.4 Å². The second-order valence-corrected chi connectivity index (χ2v) is 7.45. The first kappa shape index (κ1) is 18.7. The first-order chi connectivity index (χ1) is 13.6. The molecule has 1 aliphatic carbocycles. The van der Waals surface area contributed by atoms with Crippen LogP contribution in [0, 0.1) is 17.7 Å². The molecule has 2 aliphatic rings. The molecule has 1 saturated carbocycles. The highest BCUT2D eigenvalue weighted by atomic mass is 19.1. The smallest absolute Gasteiger partial charge is 0.343 e. The predicted molar refractivity (Wildman–Crippen MR) is 105 cm³/mol. The number of nitrogens with zero attached hydrogens (tertiary/aromatic N) is 3. The molecular formula is C21H25FN4O2. The summed E-state index contributed by atoms with van der Waals surface area (Å²) in [6.07, 6.45) is 3.47. The zero-order valence-electron chi connectivity index (χ0n) is 16.2. The molecule has 2 unspecified atom stereocenters. The van der Waals surface area contributed by atoms with Gasteiger partial charge < -0.3 is 15.0 Å². The van der Waals surface area contributed by atoms with Crippen molar-refractivity contribution in [2.45, 2.75) is 33.2 Å². The van der Waals surface area contributed by atoms with Gasteiger partial charge in [-0.15, -0.1) is 0 Å². The number of carbonyl (C=O) groups excluding carboxylic acids is 1. The SMILES string of the molecule is CCOC(=O)c1cnc(N2CC3CC3C2)nc1NCc1ccc(CC)c(F)c1. The normalized spacial score (nSPS) is 20.0. The van der Waals surface area contributed by atoms with Crippen LogP contribution in [0.3, 0.4) is 0 Å². The number of piperidine rings is 1. The van der Waals surface area contributed by atoms with Gasteiger partial charge in [0.1, 0.15) is 17.2 Å². The van der Waals surface area contributed by atoms with Crippen molar-refractivity contribution in [3.8, 4) is 0 Å². The maximum atomic E-state index is 14.1. The van der Waals surface area contributed by atoms with Crippen LogP contribution in [0.5, 0.6) is 0 Å². The molecule has 1 saturated heterocycles. The monoisotopic (exact) mass is 384 g/mol. The van der Waals surface area contributed by atoms with Crippen LogP contribution in [0.2, 0.25) is 0 Å². The van der Waals surface area contributed by atoms with Gasteiger partial charge >= 0.3 is 5.97 Å². The van der Waals surface area contributed by atoms with E-state index in [0.29, 0.717) is 35.9 Å². The Hall–Kier alpha value is -2.70. The Bertz CT molecular complexity index is 879. The zero-order chi connectivity index (χ0) is 19.7. The number of rotatable bonds is 7. The Labute approximate surface area is 164 Å². The molecule has 1 N–H and O–H groups in total. The Kier molecular flexibility index (Phi) is 5.15. The molecule has 1 aromatic heterocycles. The molecule has 0 radical (unpaired) electrons. The summed E-state index contributed by atoms with van der Waals surface area (Å²) in [4.78, 5) is 23.4. The summed E-state index contributed by atoms with van der Waals surface area (Å²) in [5.74, 6) is 1.87. The number of hydrogen-bond donors (Lipinski definition) is 1. The lowest BCUT2D eigenvalue weighted by Gasteiger charge is -2.19. The third-order valence-corrected chi connectivity index (χ3v) is 5.49. The summed E-state index contributed by atoms with van der Waals surface area (Å²) in [5, 5.41) is 3.17. The highest BCUT2D eigenvalue weighted by molar-refractivity contribution is 5.94. The van der Waals surface area contributed by atoms with Crippen LogP contribution in [0.25, 0.3) is 0 Å². The Morgan fingerprint density at radius 2 is 2.11 bits per heavy atom. The number of ether oxygens (including phenoxy) is 1. The first-order valence-corrected chi connectivity index (χ1v) is 9.89. The molecular weight excluding hydrogens is 359 g/mol. The van der Waals surface area contributed by atoms with Crippen molar-refractivity contribution < 1.29 is 13.9 Å². The van der Waals surface area contributed by atoms with Gasteiger partial charge in [-0.2, -0.15) is 4.98 Å². The Morgan fingerprint density at radius 1 is 1.32 bits per heavy atom. The fourth-order valence-corrected chi connectivity index (χ4v) is 3.75. The van der Waals surface area contributed by atoms with E-state index in [1.165, 1.54) is 18.7 Å². The molecule has 6 nitrogen and oxygen atoms in total. The molecule has 0 spiro atoms. The maximum Gasteiger partial charge on any atom is 0.343 e. The van der Waals surface area contributed by atoms with Gasteiger partial charge in [-0.25, -0.2) is 14.2 Å². The average molecular weight is 384 g/mol. The highest BCUT2D eigenvalue weighted by Crippen LogP contribution is 2.45. The van der Waals surface area contributed by atoms with Crippen molar-refractivity contribution >= 4 is 17.7 Å². The van der Waals surface area contributed by atoms with Gasteiger partial charge in [0.25, 0.3) is 0 Å². The van der Waals surface area contributed by atoms with Crippen molar-refractivity contribution in [3.05, 3.63) is 46.9 Å². The van der Waals surface area contributed by atoms with Crippen molar-refractivity contribution in [2.75, 3.05) is 29.9 Å². The number of anilines is 2. The second-order valence-electron chi connectivity index (χ2n) is 7.45. The number of hydrogen-bond acceptors (Lipinski definition) is 6. The number of carbonyl (C=O) groups is 1. The van der Waals surface area contributed by atoms with Crippen molar-refractivity contribution in [1.29, 1.82) is 0 Å². The molecule has 2 atom stereocenters. The topological polar surface area (TPSA) is 67.3 Å². The second kappa shape index (κ2) is 7.73. The van der Waals surface area contributed by atoms with Crippen LogP contribution in [0.4, 0.5) is 16.2 Å². The van der Waals surface area contributed by atoms with Gasteiger partial charge in [0, 0.05) is 25.8 Å². The summed E-state index contributed by atoms with van der Waals surface area (Å²) in [6, 6.07) is 5.20. The summed E-state index contributed by atoms with van der Waals surface area (Å²) in [5.41, 5.74) is 1.76. The summed E-state index contributed by atoms with van der Waals surface area (Å²) >= 11 is 0. The molecule has 148 valence electrons. The third kappa shape index (κ3) is 3.79. The lowest BCUT2D eigenvalue weighted by atomic mass is 10.1. The fraction of sp³-hybridized carbons (Fsp3) is 0.476. The Morgan fingerprint density at radius 3 is 2.79 bits per heavy atom. The number of nitrogens with one attached hydrogen (secondary N) is 1. The largest absolute Gasteiger partial charge is 0.462 e. The van der Waals surface area contributed by atoms with E-state index in [4.69, 9.17) is 4.74 Å². The molecule has 2 heterocycles. The van der Waals surface area contributed by atoms with E-state index in [2.05, 4.69) is 20.2 Å². The average Bonchev–Trinajstić information content (AvgIpc) is 3.31. The highest BCUT2D eigenvalue weighted by Gasteiger charge is 2.45. The molecule has 2 fully saturated rings. The quantitative estimate of drug-likeness (QED) is 0.738. The van der Waals surface area contributed by atoms with Gasteiger partial charge in [-0.1, -0.05) is 19.1 Å². The van der Waals surface area contributed by atoms with Crippen LogP contribution in [-0.2, 0) is 17.7 Å². The number of aromatic nitrogens is 2. The van der Waals surface area contributed by atoms with E-state index in [1.807, 2.05) is 13.0 Å². The number of benzene rings is 1. The standard InChI is InChI=1S/C21H25FN4O2/c1-3-14-6-5-13(7-18(14)22)9-23-19-17(20(27)28-4-2)10-24-21(25-19)26-11-15-8-16(15)12-26/h5-7,10,15-16H,3-4,8-9,11-12H2,1-2H3,(H,23,24,25). The van der Waals surface area contributed by atoms with E-state index in [1.54, 1.807) is 13.0 Å². The molecule has 28 heavy (non-hydrogen) atoms. The van der Waals surface area contributed by atoms with Gasteiger partial charge in [0.2, 0.25) is 5.95 Å². The lowest BCUT2D eigenvalue weighted by molar-refractivity contribution is 0.0526. The summed E-state index contributed by atoms with van der Waals surface area (Å²) in [7, 11) is 0. The van der Waals surface area contributed by atoms with E-state index in [9.17, 15) is 9.18 Å². The molecule has 2 aromatic rings. The Balaban J connectivity index is 1.55. The summed E-state index contributed by atoms with van der Waals surface area (Å²) < 4.78 is 19.2. The molecule has 7 heteroatoms. The van der Waals surface area contributed by atoms with Gasteiger partial charge in [-0.05, 0) is 48.8 Å². The van der Waals surface area contributed by atoms with Gasteiger partial charge in [-0.3, -0.25) is 0 Å². The molecule has 1 aromatic carbocycles. The minimum atomic E-state index is -0.465. The van der Waals surface area contributed by atoms with Gasteiger partial charge in [0.05, 0.1) is 6.61 Å². The maximum absolute atomic E-state index is 14.1. The van der Waals surface area contributed by atoms with Crippen LogP contribution >= 0.6 is 0 Å². The van der Waals surface area contributed by atoms with Crippen molar-refractivity contribution in [2.24, 2.45) is 11.8 Å². The van der Waals surface area contributed by atoms with E-state index >= 15 is 0 Å². The van der Waals surface area contributed by atoms with Gasteiger partial charge in [0.15, 0.2) is 0 Å². The zero-order valence-corrected chi connectivity index (χ0v) is 16.2. The lowest BCUT2D eigenvalue weighted by Crippen LogP contribution is -2.25. The van der Waals surface area contributed by atoms with Crippen molar-refractivity contribution in [1.82, 2.24) is 9.97 Å². The number of aryl methyl sites for hydroxylation is 1. The first-order valence-electron chi connectivity index (χ1n) is 9.89. The molecule has 1 aliphatic heterocycles. The number of fused-ring (bicyclic) bond motifs is 1. The third-order valence-electron chi connectivity index (χ3n) is 5.49. The van der Waals surface area contributed by atoms with E-state index < -0.39 is 5.97 Å². The minimum absolute atomic E-state index is 0.216. The summed E-state index contributed by atoms with van der Waals surface area (Å²) in [6.45, 7) is 6.24. The van der Waals surface area contributed by atoms with E-state index in [0.717, 1.165) is 30.5 Å². The van der Waals surface area contributed by atoms with Crippen LogP contribution < -0.4 is 10.2 Å². The molecule has 0 amide bonds. The number of halogens is 1. The van der Waals surface area contributed by atoms with Crippen molar-refractivity contribution in [3.63, 3.8) is 0 Å². The van der Waals surface area contributed by atoms with Crippen LogP contribution in [-0.4, -0.2) is 35.6 Å². The van der Waals surface area contributed by atoms with Crippen LogP contribution in [0.1, 0.15) is 41.8 Å². The predicted octanol–water partition coefficient (Wildman–Crippen LogP) is 3.42. The van der Waals surface area contributed by atoms with E-state index in [-0.39, 0.29) is 12.4 Å². The fourth-order valence-electron chi connectivity index (χ4n) is 3.75. The number of esters is 1. The molecule has 4 rings (SSSR count). The minimum Gasteiger partial charge on any atom is -0.462 e.